The highest BCUT2D eigenvalue weighted by Gasteiger charge is 2.07. The molecule has 0 unspecified atom stereocenters. The average molecular weight is 353 g/mol. The molecule has 0 spiro atoms. The highest BCUT2D eigenvalue weighted by molar-refractivity contribution is 5.79. The Morgan fingerprint density at radius 1 is 1.23 bits per heavy atom. The lowest BCUT2D eigenvalue weighted by Crippen LogP contribution is -2.39. The molecule has 2 aromatic carbocycles. The fourth-order valence-electron chi connectivity index (χ4n) is 3.01. The highest BCUT2D eigenvalue weighted by atomic mass is 19.1. The van der Waals surface area contributed by atoms with Crippen molar-refractivity contribution in [3.8, 4) is 0 Å². The van der Waals surface area contributed by atoms with E-state index in [9.17, 15) is 4.39 Å². The molecule has 6 heteroatoms. The zero-order valence-electron chi connectivity index (χ0n) is 15.2. The predicted molar refractivity (Wildman–Crippen MR) is 104 cm³/mol. The smallest absolute Gasteiger partial charge is 0.193 e. The van der Waals surface area contributed by atoms with E-state index in [1.54, 1.807) is 19.2 Å². The van der Waals surface area contributed by atoms with E-state index in [4.69, 9.17) is 0 Å². The molecule has 1 aromatic heterocycles. The van der Waals surface area contributed by atoms with Crippen molar-refractivity contribution >= 4 is 17.0 Å². The quantitative estimate of drug-likeness (QED) is 0.420. The molecular formula is C20H24FN5. The fourth-order valence-corrected chi connectivity index (χ4v) is 3.01. The topological polar surface area (TPSA) is 45.5 Å². The number of hydrogen-bond acceptors (Lipinski definition) is 2. The summed E-state index contributed by atoms with van der Waals surface area (Å²) >= 11 is 0. The minimum atomic E-state index is -0.216. The fraction of sp³-hybridized carbons (Fsp3) is 0.300. The van der Waals surface area contributed by atoms with E-state index in [1.165, 1.54) is 6.07 Å². The van der Waals surface area contributed by atoms with Crippen LogP contribution in [0.1, 0.15) is 12.0 Å². The second-order valence-corrected chi connectivity index (χ2v) is 6.24. The summed E-state index contributed by atoms with van der Waals surface area (Å²) < 4.78 is 15.5. The van der Waals surface area contributed by atoms with Gasteiger partial charge in [-0.3, -0.25) is 4.99 Å². The minimum Gasteiger partial charge on any atom is -0.356 e. The van der Waals surface area contributed by atoms with E-state index >= 15 is 0 Å². The normalized spacial score (nSPS) is 11.7. The number of benzene rings is 2. The number of guanidine groups is 1. The average Bonchev–Trinajstić information content (AvgIpc) is 3.05. The summed E-state index contributed by atoms with van der Waals surface area (Å²) in [6.45, 7) is 2.29. The van der Waals surface area contributed by atoms with Gasteiger partial charge in [0.05, 0.1) is 17.4 Å². The van der Waals surface area contributed by atoms with Gasteiger partial charge >= 0.3 is 0 Å². The Morgan fingerprint density at radius 2 is 2.08 bits per heavy atom. The number of nitrogens with one attached hydrogen (secondary N) is 1. The van der Waals surface area contributed by atoms with E-state index in [0.29, 0.717) is 6.54 Å². The molecule has 0 aliphatic carbocycles. The molecule has 0 atom stereocenters. The van der Waals surface area contributed by atoms with Crippen LogP contribution in [0.5, 0.6) is 0 Å². The summed E-state index contributed by atoms with van der Waals surface area (Å²) in [5.41, 5.74) is 3.09. The van der Waals surface area contributed by atoms with Gasteiger partial charge in [-0.25, -0.2) is 9.37 Å². The number of rotatable bonds is 6. The Balaban J connectivity index is 1.49. The first-order valence-corrected chi connectivity index (χ1v) is 8.73. The number of fused-ring (bicyclic) bond motifs is 1. The van der Waals surface area contributed by atoms with Crippen molar-refractivity contribution in [2.75, 3.05) is 20.6 Å². The first-order valence-electron chi connectivity index (χ1n) is 8.73. The molecular weight excluding hydrogens is 329 g/mol. The van der Waals surface area contributed by atoms with Crippen molar-refractivity contribution in [2.45, 2.75) is 19.5 Å². The standard InChI is InChI=1S/C20H24FN5/c1-22-20(25(2)14-16-7-5-8-17(21)13-16)23-11-6-12-26-15-24-18-9-3-4-10-19(18)26/h3-5,7-10,13,15H,6,11-12,14H2,1-2H3,(H,22,23). The van der Waals surface area contributed by atoms with Crippen molar-refractivity contribution in [2.24, 2.45) is 4.99 Å². The number of hydrogen-bond donors (Lipinski definition) is 1. The summed E-state index contributed by atoms with van der Waals surface area (Å²) in [5, 5.41) is 3.36. The summed E-state index contributed by atoms with van der Waals surface area (Å²) in [4.78, 5) is 10.7. The molecule has 1 heterocycles. The molecule has 3 aromatic rings. The largest absolute Gasteiger partial charge is 0.356 e. The summed E-state index contributed by atoms with van der Waals surface area (Å²) in [6, 6.07) is 14.8. The van der Waals surface area contributed by atoms with Crippen LogP contribution in [0.3, 0.4) is 0 Å². The lowest BCUT2D eigenvalue weighted by atomic mass is 10.2. The van der Waals surface area contributed by atoms with Crippen LogP contribution >= 0.6 is 0 Å². The molecule has 0 radical (unpaired) electrons. The van der Waals surface area contributed by atoms with E-state index in [0.717, 1.165) is 42.1 Å². The van der Waals surface area contributed by atoms with Crippen LogP contribution in [-0.2, 0) is 13.1 Å². The maximum absolute atomic E-state index is 13.3. The molecule has 0 fully saturated rings. The monoisotopic (exact) mass is 353 g/mol. The first kappa shape index (κ1) is 17.9. The molecule has 0 aliphatic rings. The number of aromatic nitrogens is 2. The van der Waals surface area contributed by atoms with Gasteiger partial charge in [0, 0.05) is 33.7 Å². The first-order chi connectivity index (χ1) is 12.7. The second-order valence-electron chi connectivity index (χ2n) is 6.24. The molecule has 0 bridgehead atoms. The second kappa shape index (κ2) is 8.47. The highest BCUT2D eigenvalue weighted by Crippen LogP contribution is 2.12. The van der Waals surface area contributed by atoms with Crippen LogP contribution in [0.4, 0.5) is 4.39 Å². The van der Waals surface area contributed by atoms with Crippen LogP contribution in [0.25, 0.3) is 11.0 Å². The van der Waals surface area contributed by atoms with Gasteiger partial charge in [0.1, 0.15) is 5.82 Å². The van der Waals surface area contributed by atoms with Crippen molar-refractivity contribution in [1.29, 1.82) is 0 Å². The van der Waals surface area contributed by atoms with Crippen molar-refractivity contribution in [3.05, 3.63) is 66.2 Å². The van der Waals surface area contributed by atoms with Crippen molar-refractivity contribution < 1.29 is 4.39 Å². The number of aryl methyl sites for hydroxylation is 1. The van der Waals surface area contributed by atoms with Gasteiger partial charge in [-0.1, -0.05) is 24.3 Å². The van der Waals surface area contributed by atoms with Gasteiger partial charge in [-0.05, 0) is 36.2 Å². The van der Waals surface area contributed by atoms with E-state index in [2.05, 4.69) is 25.9 Å². The van der Waals surface area contributed by atoms with Gasteiger partial charge in [0.2, 0.25) is 0 Å². The van der Waals surface area contributed by atoms with Gasteiger partial charge in [-0.15, -0.1) is 0 Å². The number of aliphatic imine (C=N–C) groups is 1. The van der Waals surface area contributed by atoms with Crippen molar-refractivity contribution in [3.63, 3.8) is 0 Å². The number of nitrogens with zero attached hydrogens (tertiary/aromatic N) is 4. The van der Waals surface area contributed by atoms with Gasteiger partial charge in [0.15, 0.2) is 5.96 Å². The van der Waals surface area contributed by atoms with Crippen LogP contribution in [0, 0.1) is 5.82 Å². The molecule has 136 valence electrons. The van der Waals surface area contributed by atoms with Crippen molar-refractivity contribution in [1.82, 2.24) is 19.8 Å². The third kappa shape index (κ3) is 4.39. The molecule has 5 nitrogen and oxygen atoms in total. The van der Waals surface area contributed by atoms with Gasteiger partial charge in [0.25, 0.3) is 0 Å². The maximum atomic E-state index is 13.3. The molecule has 26 heavy (non-hydrogen) atoms. The summed E-state index contributed by atoms with van der Waals surface area (Å²) in [6.07, 6.45) is 2.84. The predicted octanol–water partition coefficient (Wildman–Crippen LogP) is 3.27. The summed E-state index contributed by atoms with van der Waals surface area (Å²) in [7, 11) is 3.71. The Labute approximate surface area is 153 Å². The zero-order chi connectivity index (χ0) is 18.4. The molecule has 0 aliphatic heterocycles. The van der Waals surface area contributed by atoms with Crippen LogP contribution in [-0.4, -0.2) is 41.1 Å². The van der Waals surface area contributed by atoms with E-state index in [-0.39, 0.29) is 5.82 Å². The number of para-hydroxylation sites is 2. The molecule has 1 N–H and O–H groups in total. The molecule has 0 amide bonds. The molecule has 0 saturated carbocycles. The summed E-state index contributed by atoms with van der Waals surface area (Å²) in [5.74, 6) is 0.580. The maximum Gasteiger partial charge on any atom is 0.193 e. The number of halogens is 1. The number of imidazole rings is 1. The SMILES string of the molecule is CN=C(NCCCn1cnc2ccccc21)N(C)Cc1cccc(F)c1. The molecule has 0 saturated heterocycles. The lowest BCUT2D eigenvalue weighted by molar-refractivity contribution is 0.471. The Hall–Kier alpha value is -2.89. The third-order valence-corrected chi connectivity index (χ3v) is 4.27. The van der Waals surface area contributed by atoms with Crippen LogP contribution < -0.4 is 5.32 Å². The van der Waals surface area contributed by atoms with E-state index in [1.807, 2.05) is 42.5 Å². The third-order valence-electron chi connectivity index (χ3n) is 4.27. The Kier molecular flexibility index (Phi) is 5.84. The van der Waals surface area contributed by atoms with Gasteiger partial charge in [-0.2, -0.15) is 0 Å². The molecule has 3 rings (SSSR count). The Bertz CT molecular complexity index is 887. The van der Waals surface area contributed by atoms with Crippen LogP contribution in [0.2, 0.25) is 0 Å². The Morgan fingerprint density at radius 3 is 2.88 bits per heavy atom. The lowest BCUT2D eigenvalue weighted by Gasteiger charge is -2.22. The van der Waals surface area contributed by atoms with Gasteiger partial charge < -0.3 is 14.8 Å². The zero-order valence-corrected chi connectivity index (χ0v) is 15.2. The van der Waals surface area contributed by atoms with E-state index < -0.39 is 0 Å². The minimum absolute atomic E-state index is 0.216. The van der Waals surface area contributed by atoms with Crippen LogP contribution in [0.15, 0.2) is 59.9 Å².